The number of fused-ring (bicyclic) bond motifs is 1. The third kappa shape index (κ3) is 4.53. The van der Waals surface area contributed by atoms with E-state index in [1.54, 1.807) is 0 Å². The van der Waals surface area contributed by atoms with Gasteiger partial charge < -0.3 is 0 Å². The van der Waals surface area contributed by atoms with Crippen molar-refractivity contribution >= 4 is 24.2 Å². The Bertz CT molecular complexity index is 632. The predicted octanol–water partition coefficient (Wildman–Crippen LogP) is 3.65. The van der Waals surface area contributed by atoms with E-state index in [1.807, 2.05) is 24.3 Å². The summed E-state index contributed by atoms with van der Waals surface area (Å²) in [5.74, 6) is 0.402. The number of hydrogen-bond donors (Lipinski definition) is 1. The fourth-order valence-corrected chi connectivity index (χ4v) is 6.83. The van der Waals surface area contributed by atoms with Crippen LogP contribution in [0.3, 0.4) is 0 Å². The lowest BCUT2D eigenvalue weighted by atomic mass is 9.86. The van der Waals surface area contributed by atoms with Crippen LogP contribution in [0.4, 0.5) is 0 Å². The van der Waals surface area contributed by atoms with Crippen LogP contribution in [0.25, 0.3) is 6.08 Å². The molecule has 0 saturated carbocycles. The third-order valence-electron chi connectivity index (χ3n) is 3.86. The molecule has 1 aromatic rings. The minimum atomic E-state index is -3.24. The van der Waals surface area contributed by atoms with Crippen LogP contribution in [0, 0.1) is 5.92 Å². The molecule has 0 spiro atoms. The van der Waals surface area contributed by atoms with E-state index in [9.17, 15) is 8.42 Å². The van der Waals surface area contributed by atoms with Gasteiger partial charge in [-0.2, -0.15) is 0 Å². The molecular weight excluding hydrogens is 298 g/mol. The van der Waals surface area contributed by atoms with Crippen molar-refractivity contribution in [3.05, 3.63) is 41.5 Å². The van der Waals surface area contributed by atoms with E-state index in [-0.39, 0.29) is 17.7 Å². The molecule has 0 aromatic heterocycles. The van der Waals surface area contributed by atoms with Crippen LogP contribution in [0.5, 0.6) is 0 Å². The van der Waals surface area contributed by atoms with Gasteiger partial charge in [-0.1, -0.05) is 63.0 Å². The summed E-state index contributed by atoms with van der Waals surface area (Å²) in [6.45, 7) is 8.65. The highest BCUT2D eigenvalue weighted by Crippen LogP contribution is 2.32. The van der Waals surface area contributed by atoms with Gasteiger partial charge in [-0.05, 0) is 23.1 Å². The first kappa shape index (κ1) is 16.5. The van der Waals surface area contributed by atoms with Crippen molar-refractivity contribution in [3.8, 4) is 0 Å². The Morgan fingerprint density at radius 3 is 2.52 bits per heavy atom. The molecule has 1 aliphatic rings. The van der Waals surface area contributed by atoms with Gasteiger partial charge >= 0.3 is 0 Å². The van der Waals surface area contributed by atoms with E-state index in [0.29, 0.717) is 0 Å². The lowest BCUT2D eigenvalue weighted by Gasteiger charge is -2.28. The Morgan fingerprint density at radius 1 is 1.19 bits per heavy atom. The van der Waals surface area contributed by atoms with Crippen molar-refractivity contribution in [2.75, 3.05) is 5.75 Å². The minimum Gasteiger partial charge on any atom is -0.212 e. The summed E-state index contributed by atoms with van der Waals surface area (Å²) in [6, 6.07) is 8.63. The highest BCUT2D eigenvalue weighted by molar-refractivity contribution is 7.89. The van der Waals surface area contributed by atoms with E-state index >= 15 is 0 Å². The second-order valence-electron chi connectivity index (χ2n) is 7.07. The molecule has 1 aliphatic carbocycles. The summed E-state index contributed by atoms with van der Waals surface area (Å²) in [5, 5.41) is 0. The summed E-state index contributed by atoms with van der Waals surface area (Å²) in [4.78, 5) is 0. The predicted molar refractivity (Wildman–Crippen MR) is 92.5 cm³/mol. The van der Waals surface area contributed by atoms with Gasteiger partial charge in [0.15, 0.2) is 0 Å². The van der Waals surface area contributed by atoms with Gasteiger partial charge in [0.05, 0.1) is 11.8 Å². The number of nitrogens with one attached hydrogen (secondary N) is 1. The molecule has 2 rings (SSSR count). The zero-order chi connectivity index (χ0) is 15.7. The third-order valence-corrected chi connectivity index (χ3v) is 7.33. The first-order chi connectivity index (χ1) is 9.68. The van der Waals surface area contributed by atoms with E-state index in [4.69, 9.17) is 0 Å². The molecule has 0 radical (unpaired) electrons. The molecule has 21 heavy (non-hydrogen) atoms. The van der Waals surface area contributed by atoms with Crippen molar-refractivity contribution in [1.29, 1.82) is 0 Å². The van der Waals surface area contributed by atoms with Gasteiger partial charge in [0.25, 0.3) is 0 Å². The molecule has 3 nitrogen and oxygen atoms in total. The number of rotatable bonds is 5. The maximum absolute atomic E-state index is 12.4. The zero-order valence-corrected chi connectivity index (χ0v) is 15.1. The van der Waals surface area contributed by atoms with Crippen molar-refractivity contribution in [1.82, 2.24) is 4.72 Å². The quantitative estimate of drug-likeness (QED) is 0.841. The first-order valence-corrected chi connectivity index (χ1v) is 12.8. The van der Waals surface area contributed by atoms with E-state index in [0.717, 1.165) is 17.2 Å². The molecule has 0 unspecified atom stereocenters. The first-order valence-electron chi connectivity index (χ1n) is 7.45. The van der Waals surface area contributed by atoms with Gasteiger partial charge in [-0.3, -0.25) is 0 Å². The summed E-state index contributed by atoms with van der Waals surface area (Å²) in [5.41, 5.74) is 2.18. The molecule has 5 heteroatoms. The van der Waals surface area contributed by atoms with E-state index in [2.05, 4.69) is 43.4 Å². The average Bonchev–Trinajstić information content (AvgIpc) is 2.39. The van der Waals surface area contributed by atoms with Crippen LogP contribution < -0.4 is 4.72 Å². The van der Waals surface area contributed by atoms with Crippen LogP contribution in [0.15, 0.2) is 30.3 Å². The molecule has 0 amide bonds. The second kappa shape index (κ2) is 6.06. The van der Waals surface area contributed by atoms with Crippen LogP contribution in [-0.2, 0) is 10.0 Å². The maximum atomic E-state index is 12.4. The standard InChI is InChI=1S/C16H25NO2SSi/c1-13-9-10-14-7-5-6-8-15(14)16(13)17-20(18,19)11-12-21(2,3)4/h5-10,13,16-17H,11-12H2,1-4H3/t13-,16+/m1/s1. The van der Waals surface area contributed by atoms with Gasteiger partial charge in [-0.15, -0.1) is 0 Å². The molecule has 0 saturated heterocycles. The average molecular weight is 324 g/mol. The number of sulfonamides is 1. The molecule has 0 fully saturated rings. The van der Waals surface area contributed by atoms with Crippen LogP contribution in [0.2, 0.25) is 25.7 Å². The maximum Gasteiger partial charge on any atom is 0.211 e. The van der Waals surface area contributed by atoms with Gasteiger partial charge in [0.2, 0.25) is 10.0 Å². The summed E-state index contributed by atoms with van der Waals surface area (Å²) in [7, 11) is -4.59. The SMILES string of the molecule is C[C@@H]1C=Cc2ccccc2[C@H]1NS(=O)(=O)CC[Si](C)(C)C. The molecule has 1 aromatic carbocycles. The van der Waals surface area contributed by atoms with Crippen LogP contribution >= 0.6 is 0 Å². The van der Waals surface area contributed by atoms with Crippen molar-refractivity contribution in [3.63, 3.8) is 0 Å². The Labute approximate surface area is 129 Å². The Kier molecular flexibility index (Phi) is 4.75. The second-order valence-corrected chi connectivity index (χ2v) is 14.6. The topological polar surface area (TPSA) is 46.2 Å². The van der Waals surface area contributed by atoms with E-state index < -0.39 is 18.1 Å². The number of benzene rings is 1. The van der Waals surface area contributed by atoms with Crippen molar-refractivity contribution in [2.45, 2.75) is 38.7 Å². The fraction of sp³-hybridized carbons (Fsp3) is 0.500. The van der Waals surface area contributed by atoms with Gasteiger partial charge in [0.1, 0.15) is 0 Å². The van der Waals surface area contributed by atoms with Gasteiger partial charge in [-0.25, -0.2) is 13.1 Å². The monoisotopic (exact) mass is 323 g/mol. The summed E-state index contributed by atoms with van der Waals surface area (Å²) < 4.78 is 27.7. The molecule has 0 aliphatic heterocycles. The largest absolute Gasteiger partial charge is 0.212 e. The highest BCUT2D eigenvalue weighted by atomic mass is 32.2. The van der Waals surface area contributed by atoms with Gasteiger partial charge in [0, 0.05) is 8.07 Å². The Balaban J connectivity index is 2.17. The summed E-state index contributed by atoms with van der Waals surface area (Å²) >= 11 is 0. The van der Waals surface area contributed by atoms with Crippen molar-refractivity contribution in [2.24, 2.45) is 5.92 Å². The van der Waals surface area contributed by atoms with E-state index in [1.165, 1.54) is 0 Å². The Hall–Kier alpha value is -0.913. The highest BCUT2D eigenvalue weighted by Gasteiger charge is 2.28. The fourth-order valence-electron chi connectivity index (χ4n) is 2.46. The molecule has 0 bridgehead atoms. The van der Waals surface area contributed by atoms with Crippen molar-refractivity contribution < 1.29 is 8.42 Å². The van der Waals surface area contributed by atoms with Crippen LogP contribution in [-0.4, -0.2) is 22.2 Å². The summed E-state index contributed by atoms with van der Waals surface area (Å²) in [6.07, 6.45) is 4.15. The minimum absolute atomic E-state index is 0.155. The molecule has 1 N–H and O–H groups in total. The lowest BCUT2D eigenvalue weighted by Crippen LogP contribution is -2.37. The molecule has 2 atom stereocenters. The molecule has 0 heterocycles. The molecule has 116 valence electrons. The number of hydrogen-bond acceptors (Lipinski definition) is 2. The smallest absolute Gasteiger partial charge is 0.211 e. The lowest BCUT2D eigenvalue weighted by molar-refractivity contribution is 0.494. The normalized spacial score (nSPS) is 22.1. The Morgan fingerprint density at radius 2 is 1.86 bits per heavy atom. The van der Waals surface area contributed by atoms with Crippen LogP contribution in [0.1, 0.15) is 24.1 Å². The molecular formula is C16H25NO2SSi. The zero-order valence-electron chi connectivity index (χ0n) is 13.3.